The second kappa shape index (κ2) is 4.80. The summed E-state index contributed by atoms with van der Waals surface area (Å²) in [5, 5.41) is 9.41. The molecule has 0 fully saturated rings. The molecule has 0 bridgehead atoms. The Bertz CT molecular complexity index is 387. The normalized spacial score (nSPS) is 14.5. The molecule has 0 saturated heterocycles. The number of aromatic nitrogens is 2. The molecule has 1 unspecified atom stereocenters. The van der Waals surface area contributed by atoms with Crippen LogP contribution in [0.2, 0.25) is 0 Å². The zero-order valence-corrected chi connectivity index (χ0v) is 10.3. The lowest BCUT2D eigenvalue weighted by molar-refractivity contribution is -0.141. The highest BCUT2D eigenvalue weighted by Gasteiger charge is 2.28. The van der Waals surface area contributed by atoms with E-state index >= 15 is 0 Å². The summed E-state index contributed by atoms with van der Waals surface area (Å²) in [6.07, 6.45) is 0. The number of hydrogen-bond donors (Lipinski definition) is 2. The van der Waals surface area contributed by atoms with Crippen LogP contribution in [0.15, 0.2) is 11.2 Å². The molecule has 0 aliphatic heterocycles. The van der Waals surface area contributed by atoms with Crippen molar-refractivity contribution in [2.24, 2.45) is 5.73 Å². The van der Waals surface area contributed by atoms with Crippen LogP contribution >= 0.6 is 11.8 Å². The summed E-state index contributed by atoms with van der Waals surface area (Å²) in [7, 11) is 0. The van der Waals surface area contributed by atoms with Crippen LogP contribution in [0.5, 0.6) is 0 Å². The first kappa shape index (κ1) is 12.9. The lowest BCUT2D eigenvalue weighted by atomic mass is 10.1. The van der Waals surface area contributed by atoms with E-state index in [4.69, 9.17) is 10.8 Å². The third-order valence-electron chi connectivity index (χ3n) is 1.95. The summed E-state index contributed by atoms with van der Waals surface area (Å²) in [5.74, 6) is -0.782. The number of aryl methyl sites for hydroxylation is 2. The lowest BCUT2D eigenvalue weighted by Crippen LogP contribution is -2.47. The fraction of sp³-hybridized carbons (Fsp3) is 0.500. The highest BCUT2D eigenvalue weighted by atomic mass is 32.2. The van der Waals surface area contributed by atoms with Crippen molar-refractivity contribution in [1.29, 1.82) is 0 Å². The van der Waals surface area contributed by atoms with Crippen LogP contribution in [0.25, 0.3) is 0 Å². The molecule has 16 heavy (non-hydrogen) atoms. The molecule has 0 aliphatic carbocycles. The number of nitrogens with two attached hydrogens (primary N) is 1. The van der Waals surface area contributed by atoms with Gasteiger partial charge in [0.2, 0.25) is 0 Å². The monoisotopic (exact) mass is 241 g/mol. The summed E-state index contributed by atoms with van der Waals surface area (Å²) in [4.78, 5) is 19.2. The summed E-state index contributed by atoms with van der Waals surface area (Å²) in [5.41, 5.74) is 6.08. The third-order valence-corrected chi connectivity index (χ3v) is 3.14. The standard InChI is InChI=1S/C10H15N3O2S/c1-6-4-7(2)13-9(12-6)16-5-10(3,11)8(14)15/h4H,5,11H2,1-3H3,(H,14,15). The molecule has 0 amide bonds. The van der Waals surface area contributed by atoms with Gasteiger partial charge in [-0.05, 0) is 26.8 Å². The van der Waals surface area contributed by atoms with Gasteiger partial charge in [0.15, 0.2) is 5.16 Å². The van der Waals surface area contributed by atoms with Gasteiger partial charge in [-0.2, -0.15) is 0 Å². The van der Waals surface area contributed by atoms with Gasteiger partial charge in [0.1, 0.15) is 5.54 Å². The lowest BCUT2D eigenvalue weighted by Gasteiger charge is -2.17. The van der Waals surface area contributed by atoms with E-state index in [1.165, 1.54) is 18.7 Å². The number of carbonyl (C=O) groups is 1. The van der Waals surface area contributed by atoms with Gasteiger partial charge in [0.25, 0.3) is 0 Å². The van der Waals surface area contributed by atoms with E-state index in [1.54, 1.807) is 0 Å². The average molecular weight is 241 g/mol. The van der Waals surface area contributed by atoms with E-state index in [0.29, 0.717) is 5.16 Å². The Morgan fingerprint density at radius 3 is 2.44 bits per heavy atom. The molecule has 88 valence electrons. The van der Waals surface area contributed by atoms with E-state index in [-0.39, 0.29) is 5.75 Å². The molecule has 0 spiro atoms. The zero-order valence-electron chi connectivity index (χ0n) is 9.52. The Morgan fingerprint density at radius 2 is 2.00 bits per heavy atom. The predicted octanol–water partition coefficient (Wildman–Crippen LogP) is 0.988. The smallest absolute Gasteiger partial charge is 0.324 e. The minimum atomic E-state index is -1.26. The maximum Gasteiger partial charge on any atom is 0.324 e. The van der Waals surface area contributed by atoms with Crippen LogP contribution in [-0.4, -0.2) is 32.3 Å². The number of hydrogen-bond acceptors (Lipinski definition) is 5. The Kier molecular flexibility index (Phi) is 3.88. The fourth-order valence-electron chi connectivity index (χ4n) is 1.03. The van der Waals surface area contributed by atoms with Crippen molar-refractivity contribution < 1.29 is 9.90 Å². The molecule has 1 atom stereocenters. The molecule has 0 radical (unpaired) electrons. The molecule has 1 rings (SSSR count). The number of aliphatic carboxylic acids is 1. The van der Waals surface area contributed by atoms with Crippen molar-refractivity contribution in [3.63, 3.8) is 0 Å². The SMILES string of the molecule is Cc1cc(C)nc(SCC(C)(N)C(=O)O)n1. The molecule has 0 aromatic carbocycles. The third kappa shape index (κ3) is 3.46. The van der Waals surface area contributed by atoms with Gasteiger partial charge in [0.05, 0.1) is 0 Å². The summed E-state index contributed by atoms with van der Waals surface area (Å²) in [6, 6.07) is 1.86. The summed E-state index contributed by atoms with van der Waals surface area (Å²) >= 11 is 1.26. The Labute approximate surface area is 98.5 Å². The molecule has 5 nitrogen and oxygen atoms in total. The Balaban J connectivity index is 2.71. The summed E-state index contributed by atoms with van der Waals surface area (Å²) in [6.45, 7) is 5.22. The van der Waals surface area contributed by atoms with E-state index in [9.17, 15) is 4.79 Å². The topological polar surface area (TPSA) is 89.1 Å². The van der Waals surface area contributed by atoms with Crippen molar-refractivity contribution in [2.75, 3.05) is 5.75 Å². The first-order valence-electron chi connectivity index (χ1n) is 4.78. The first-order valence-corrected chi connectivity index (χ1v) is 5.77. The van der Waals surface area contributed by atoms with Crippen molar-refractivity contribution in [3.8, 4) is 0 Å². The minimum Gasteiger partial charge on any atom is -0.480 e. The van der Waals surface area contributed by atoms with Gasteiger partial charge in [-0.1, -0.05) is 11.8 Å². The molecule has 0 aliphatic rings. The van der Waals surface area contributed by atoms with Crippen LogP contribution in [0.4, 0.5) is 0 Å². The molecule has 6 heteroatoms. The molecule has 3 N–H and O–H groups in total. The highest BCUT2D eigenvalue weighted by Crippen LogP contribution is 2.18. The molecule has 1 aromatic heterocycles. The van der Waals surface area contributed by atoms with Gasteiger partial charge in [-0.25, -0.2) is 9.97 Å². The highest BCUT2D eigenvalue weighted by molar-refractivity contribution is 7.99. The zero-order chi connectivity index (χ0) is 12.3. The van der Waals surface area contributed by atoms with Crippen molar-refractivity contribution in [3.05, 3.63) is 17.5 Å². The quantitative estimate of drug-likeness (QED) is 0.603. The second-order valence-corrected chi connectivity index (χ2v) is 4.89. The van der Waals surface area contributed by atoms with Crippen LogP contribution in [0.3, 0.4) is 0 Å². The molecule has 1 aromatic rings. The molecular formula is C10H15N3O2S. The van der Waals surface area contributed by atoms with Gasteiger partial charge < -0.3 is 10.8 Å². The second-order valence-electron chi connectivity index (χ2n) is 3.94. The van der Waals surface area contributed by atoms with Crippen molar-refractivity contribution in [1.82, 2.24) is 9.97 Å². The van der Waals surface area contributed by atoms with E-state index in [0.717, 1.165) is 11.4 Å². The number of nitrogens with zero attached hydrogens (tertiary/aromatic N) is 2. The number of carboxylic acid groups (broad SMARTS) is 1. The van der Waals surface area contributed by atoms with Gasteiger partial charge in [0, 0.05) is 17.1 Å². The van der Waals surface area contributed by atoms with E-state index < -0.39 is 11.5 Å². The van der Waals surface area contributed by atoms with Gasteiger partial charge in [-0.3, -0.25) is 4.79 Å². The fourth-order valence-corrected chi connectivity index (χ4v) is 2.00. The van der Waals surface area contributed by atoms with Crippen molar-refractivity contribution in [2.45, 2.75) is 31.5 Å². The minimum absolute atomic E-state index is 0.241. The van der Waals surface area contributed by atoms with Gasteiger partial charge >= 0.3 is 5.97 Å². The average Bonchev–Trinajstić information content (AvgIpc) is 2.13. The Morgan fingerprint density at radius 1 is 1.50 bits per heavy atom. The van der Waals surface area contributed by atoms with Crippen LogP contribution in [0.1, 0.15) is 18.3 Å². The van der Waals surface area contributed by atoms with Crippen LogP contribution in [0, 0.1) is 13.8 Å². The number of rotatable bonds is 4. The molecule has 0 saturated carbocycles. The predicted molar refractivity (Wildman–Crippen MR) is 62.5 cm³/mol. The van der Waals surface area contributed by atoms with Crippen molar-refractivity contribution >= 4 is 17.7 Å². The summed E-state index contributed by atoms with van der Waals surface area (Å²) < 4.78 is 0. The molecular weight excluding hydrogens is 226 g/mol. The number of thioether (sulfide) groups is 1. The Hall–Kier alpha value is -1.14. The van der Waals surface area contributed by atoms with Gasteiger partial charge in [-0.15, -0.1) is 0 Å². The first-order chi connectivity index (χ1) is 7.31. The van der Waals surface area contributed by atoms with Crippen LogP contribution in [-0.2, 0) is 4.79 Å². The maximum absolute atomic E-state index is 10.8. The van der Waals surface area contributed by atoms with E-state index in [2.05, 4.69) is 9.97 Å². The maximum atomic E-state index is 10.8. The molecule has 1 heterocycles. The van der Waals surface area contributed by atoms with Crippen LogP contribution < -0.4 is 5.73 Å². The number of carboxylic acids is 1. The van der Waals surface area contributed by atoms with E-state index in [1.807, 2.05) is 19.9 Å². The largest absolute Gasteiger partial charge is 0.480 e.